The molecule has 2 rings (SSSR count). The molecule has 0 unspecified atom stereocenters. The van der Waals surface area contributed by atoms with Crippen molar-refractivity contribution in [3.05, 3.63) is 47.2 Å². The molecular formula is C12H8N4OS. The first-order chi connectivity index (χ1) is 8.79. The van der Waals surface area contributed by atoms with Gasteiger partial charge in [0.1, 0.15) is 11.6 Å². The van der Waals surface area contributed by atoms with Crippen molar-refractivity contribution >= 4 is 28.5 Å². The molecule has 1 amide bonds. The number of nitrogens with one attached hydrogen (secondary N) is 1. The van der Waals surface area contributed by atoms with Crippen LogP contribution in [0, 0.1) is 11.3 Å². The van der Waals surface area contributed by atoms with Crippen molar-refractivity contribution < 1.29 is 4.79 Å². The van der Waals surface area contributed by atoms with Crippen LogP contribution in [0.3, 0.4) is 0 Å². The summed E-state index contributed by atoms with van der Waals surface area (Å²) in [5, 5.41) is 13.7. The van der Waals surface area contributed by atoms with Crippen molar-refractivity contribution in [1.29, 1.82) is 5.26 Å². The molecular weight excluding hydrogens is 248 g/mol. The zero-order valence-corrected chi connectivity index (χ0v) is 10.0. The number of hydrogen-bond acceptors (Lipinski definition) is 5. The summed E-state index contributed by atoms with van der Waals surface area (Å²) in [7, 11) is 0. The first-order valence-electron chi connectivity index (χ1n) is 5.03. The molecule has 0 aliphatic rings. The number of anilines is 1. The van der Waals surface area contributed by atoms with Gasteiger partial charge in [-0.05, 0) is 18.2 Å². The van der Waals surface area contributed by atoms with Gasteiger partial charge in [-0.15, -0.1) is 11.3 Å². The van der Waals surface area contributed by atoms with Crippen LogP contribution in [-0.4, -0.2) is 15.9 Å². The lowest BCUT2D eigenvalue weighted by Crippen LogP contribution is -2.13. The van der Waals surface area contributed by atoms with Gasteiger partial charge in [0.05, 0.1) is 5.69 Å². The molecule has 0 saturated heterocycles. The molecule has 0 saturated carbocycles. The van der Waals surface area contributed by atoms with E-state index in [1.807, 2.05) is 6.07 Å². The Kier molecular flexibility index (Phi) is 3.79. The number of carbonyl (C=O) groups is 1. The largest absolute Gasteiger partial charge is 0.297 e. The Balaban J connectivity index is 2.17. The van der Waals surface area contributed by atoms with Crippen LogP contribution in [0.1, 0.15) is 5.69 Å². The average molecular weight is 256 g/mol. The third-order valence-electron chi connectivity index (χ3n) is 2.00. The van der Waals surface area contributed by atoms with Crippen LogP contribution >= 0.6 is 11.3 Å². The summed E-state index contributed by atoms with van der Waals surface area (Å²) in [5.74, 6) is -0.488. The van der Waals surface area contributed by atoms with Crippen LogP contribution in [0.15, 0.2) is 41.5 Å². The predicted octanol–water partition coefficient (Wildman–Crippen LogP) is 2.08. The van der Waals surface area contributed by atoms with Crippen LogP contribution in [0.5, 0.6) is 0 Å². The lowest BCUT2D eigenvalue weighted by Gasteiger charge is -1.99. The van der Waals surface area contributed by atoms with Gasteiger partial charge in [0.25, 0.3) is 5.91 Å². The van der Waals surface area contributed by atoms with Crippen LogP contribution < -0.4 is 5.32 Å². The van der Waals surface area contributed by atoms with Gasteiger partial charge >= 0.3 is 0 Å². The number of aromatic nitrogens is 2. The van der Waals surface area contributed by atoms with E-state index in [9.17, 15) is 4.79 Å². The topological polar surface area (TPSA) is 78.7 Å². The molecule has 0 aliphatic carbocycles. The number of nitrogens with zero attached hydrogens (tertiary/aromatic N) is 3. The maximum Gasteiger partial charge on any atom is 0.268 e. The summed E-state index contributed by atoms with van der Waals surface area (Å²) < 4.78 is 0. The van der Waals surface area contributed by atoms with Crippen molar-refractivity contribution in [1.82, 2.24) is 9.97 Å². The molecule has 5 nitrogen and oxygen atoms in total. The van der Waals surface area contributed by atoms with Crippen molar-refractivity contribution in [3.63, 3.8) is 0 Å². The highest BCUT2D eigenvalue weighted by atomic mass is 32.1. The number of rotatable bonds is 3. The molecule has 88 valence electrons. The summed E-state index contributed by atoms with van der Waals surface area (Å²) in [6, 6.07) is 7.11. The highest BCUT2D eigenvalue weighted by Crippen LogP contribution is 2.12. The van der Waals surface area contributed by atoms with Crippen LogP contribution in [0.2, 0.25) is 0 Å². The van der Waals surface area contributed by atoms with Gasteiger partial charge in [0.2, 0.25) is 0 Å². The van der Waals surface area contributed by atoms with Crippen molar-refractivity contribution in [2.45, 2.75) is 0 Å². The SMILES string of the molecule is N#C/C(=C\c1ccccn1)C(=O)Nc1nccs1. The van der Waals surface area contributed by atoms with Crippen LogP contribution in [0.4, 0.5) is 5.13 Å². The van der Waals surface area contributed by atoms with Gasteiger partial charge in [-0.3, -0.25) is 15.1 Å². The number of hydrogen-bond donors (Lipinski definition) is 1. The van der Waals surface area contributed by atoms with E-state index in [0.29, 0.717) is 10.8 Å². The minimum Gasteiger partial charge on any atom is -0.297 e. The number of nitriles is 1. The minimum absolute atomic E-state index is 0.0103. The van der Waals surface area contributed by atoms with E-state index in [-0.39, 0.29) is 5.57 Å². The lowest BCUT2D eigenvalue weighted by molar-refractivity contribution is -0.112. The van der Waals surface area contributed by atoms with E-state index in [4.69, 9.17) is 5.26 Å². The molecule has 0 fully saturated rings. The molecule has 2 aromatic rings. The Hall–Kier alpha value is -2.52. The summed E-state index contributed by atoms with van der Waals surface area (Å²) in [4.78, 5) is 19.7. The Morgan fingerprint density at radius 3 is 2.89 bits per heavy atom. The van der Waals surface area contributed by atoms with E-state index in [1.54, 1.807) is 36.0 Å². The smallest absolute Gasteiger partial charge is 0.268 e. The van der Waals surface area contributed by atoms with Crippen LogP contribution in [0.25, 0.3) is 6.08 Å². The van der Waals surface area contributed by atoms with E-state index < -0.39 is 5.91 Å². The fraction of sp³-hybridized carbons (Fsp3) is 0. The van der Waals surface area contributed by atoms with Crippen molar-refractivity contribution in [2.24, 2.45) is 0 Å². The monoisotopic (exact) mass is 256 g/mol. The molecule has 0 radical (unpaired) electrons. The summed E-state index contributed by atoms with van der Waals surface area (Å²) >= 11 is 1.29. The van der Waals surface area contributed by atoms with E-state index in [2.05, 4.69) is 15.3 Å². The Labute approximate surface area is 107 Å². The van der Waals surface area contributed by atoms with Crippen molar-refractivity contribution in [2.75, 3.05) is 5.32 Å². The second-order valence-corrected chi connectivity index (χ2v) is 4.11. The third kappa shape index (κ3) is 2.99. The molecule has 0 aliphatic heterocycles. The Morgan fingerprint density at radius 2 is 2.28 bits per heavy atom. The molecule has 0 aromatic carbocycles. The first-order valence-corrected chi connectivity index (χ1v) is 5.91. The molecule has 2 aromatic heterocycles. The number of carbonyl (C=O) groups excluding carboxylic acids is 1. The van der Waals surface area contributed by atoms with Gasteiger partial charge in [0, 0.05) is 17.8 Å². The fourth-order valence-corrected chi connectivity index (χ4v) is 1.73. The summed E-state index contributed by atoms with van der Waals surface area (Å²) in [5.41, 5.74) is 0.548. The lowest BCUT2D eigenvalue weighted by atomic mass is 10.2. The van der Waals surface area contributed by atoms with Gasteiger partial charge in [-0.2, -0.15) is 5.26 Å². The van der Waals surface area contributed by atoms with Crippen molar-refractivity contribution in [3.8, 4) is 6.07 Å². The molecule has 6 heteroatoms. The van der Waals surface area contributed by atoms with E-state index in [1.165, 1.54) is 17.4 Å². The predicted molar refractivity (Wildman–Crippen MR) is 68.6 cm³/mol. The fourth-order valence-electron chi connectivity index (χ4n) is 1.21. The number of thiazole rings is 1. The maximum atomic E-state index is 11.8. The quantitative estimate of drug-likeness (QED) is 0.673. The molecule has 2 heterocycles. The molecule has 18 heavy (non-hydrogen) atoms. The highest BCUT2D eigenvalue weighted by molar-refractivity contribution is 7.13. The standard InChI is InChI=1S/C12H8N4OS/c13-8-9(7-10-3-1-2-4-14-10)11(17)16-12-15-5-6-18-12/h1-7H,(H,15,16,17)/b9-7+. The highest BCUT2D eigenvalue weighted by Gasteiger charge is 2.10. The maximum absolute atomic E-state index is 11.8. The molecule has 0 atom stereocenters. The van der Waals surface area contributed by atoms with E-state index in [0.717, 1.165) is 0 Å². The third-order valence-corrected chi connectivity index (χ3v) is 2.69. The average Bonchev–Trinajstić information content (AvgIpc) is 2.90. The zero-order valence-electron chi connectivity index (χ0n) is 9.20. The number of pyridine rings is 1. The number of amides is 1. The zero-order chi connectivity index (χ0) is 12.8. The first kappa shape index (κ1) is 12.0. The molecule has 0 spiro atoms. The van der Waals surface area contributed by atoms with E-state index >= 15 is 0 Å². The molecule has 0 bridgehead atoms. The second-order valence-electron chi connectivity index (χ2n) is 3.22. The van der Waals surface area contributed by atoms with Crippen LogP contribution in [-0.2, 0) is 4.79 Å². The van der Waals surface area contributed by atoms with Gasteiger partial charge in [0.15, 0.2) is 5.13 Å². The minimum atomic E-state index is -0.488. The summed E-state index contributed by atoms with van der Waals surface area (Å²) in [6.07, 6.45) is 4.61. The van der Waals surface area contributed by atoms with Gasteiger partial charge in [-0.25, -0.2) is 4.98 Å². The summed E-state index contributed by atoms with van der Waals surface area (Å²) in [6.45, 7) is 0. The van der Waals surface area contributed by atoms with Gasteiger partial charge < -0.3 is 0 Å². The molecule has 1 N–H and O–H groups in total. The normalized spacial score (nSPS) is 10.7. The Bertz CT molecular complexity index is 599. The second kappa shape index (κ2) is 5.70. The Morgan fingerprint density at radius 1 is 1.39 bits per heavy atom. The van der Waals surface area contributed by atoms with Gasteiger partial charge in [-0.1, -0.05) is 6.07 Å².